The van der Waals surface area contributed by atoms with E-state index < -0.39 is 16.0 Å². The average Bonchev–Trinajstić information content (AvgIpc) is 2.54. The lowest BCUT2D eigenvalue weighted by molar-refractivity contribution is 0.0696. The summed E-state index contributed by atoms with van der Waals surface area (Å²) in [6.45, 7) is 0. The van der Waals surface area contributed by atoms with Gasteiger partial charge in [0.05, 0.1) is 17.6 Å². The highest BCUT2D eigenvalue weighted by Crippen LogP contribution is 2.35. The Balaban J connectivity index is 2.72. The third-order valence-corrected chi connectivity index (χ3v) is 5.26. The van der Waals surface area contributed by atoms with E-state index in [0.29, 0.717) is 16.9 Å². The van der Waals surface area contributed by atoms with Crippen LogP contribution in [0.5, 0.6) is 5.75 Å². The molecule has 0 aromatic heterocycles. The molecule has 0 heterocycles. The minimum absolute atomic E-state index is 0.0681. The van der Waals surface area contributed by atoms with E-state index in [2.05, 4.69) is 0 Å². The second-order valence-electron chi connectivity index (χ2n) is 5.00. The highest BCUT2D eigenvalue weighted by atomic mass is 32.2. The van der Waals surface area contributed by atoms with Crippen LogP contribution in [0.4, 0.5) is 0 Å². The van der Waals surface area contributed by atoms with Gasteiger partial charge in [-0.15, -0.1) is 0 Å². The first-order valence-electron chi connectivity index (χ1n) is 6.72. The number of nitrogens with zero attached hydrogens (tertiary/aromatic N) is 1. The van der Waals surface area contributed by atoms with Crippen LogP contribution in [0.15, 0.2) is 47.4 Å². The molecular weight excluding hydrogens is 318 g/mol. The van der Waals surface area contributed by atoms with Gasteiger partial charge < -0.3 is 9.84 Å². The van der Waals surface area contributed by atoms with Gasteiger partial charge in [0.2, 0.25) is 10.0 Å². The van der Waals surface area contributed by atoms with Gasteiger partial charge in [0.15, 0.2) is 0 Å². The summed E-state index contributed by atoms with van der Waals surface area (Å²) in [6, 6.07) is 10.9. The zero-order chi connectivity index (χ0) is 17.2. The number of ether oxygens (including phenoxy) is 1. The molecule has 1 N–H and O–H groups in total. The van der Waals surface area contributed by atoms with Gasteiger partial charge in [0.25, 0.3) is 0 Å². The molecule has 0 amide bonds. The largest absolute Gasteiger partial charge is 0.496 e. The van der Waals surface area contributed by atoms with Crippen molar-refractivity contribution >= 4 is 16.0 Å². The summed E-state index contributed by atoms with van der Waals surface area (Å²) in [7, 11) is 0.675. The Morgan fingerprint density at radius 1 is 1.09 bits per heavy atom. The third kappa shape index (κ3) is 3.20. The summed E-state index contributed by atoms with van der Waals surface area (Å²) >= 11 is 0. The molecular formula is C16H17NO5S. The van der Waals surface area contributed by atoms with E-state index in [1.807, 2.05) is 0 Å². The van der Waals surface area contributed by atoms with E-state index in [0.717, 1.165) is 4.31 Å². The van der Waals surface area contributed by atoms with Gasteiger partial charge in [-0.25, -0.2) is 17.5 Å². The number of aromatic carboxylic acids is 1. The molecule has 6 nitrogen and oxygen atoms in total. The molecule has 2 rings (SSSR count). The van der Waals surface area contributed by atoms with E-state index in [1.165, 1.54) is 39.4 Å². The van der Waals surface area contributed by atoms with E-state index in [9.17, 15) is 13.2 Å². The van der Waals surface area contributed by atoms with Gasteiger partial charge in [-0.2, -0.15) is 0 Å². The highest BCUT2D eigenvalue weighted by Gasteiger charge is 2.23. The van der Waals surface area contributed by atoms with Crippen LogP contribution in [-0.4, -0.2) is 45.0 Å². The summed E-state index contributed by atoms with van der Waals surface area (Å²) in [6.07, 6.45) is 0. The van der Waals surface area contributed by atoms with Gasteiger partial charge >= 0.3 is 5.97 Å². The molecule has 0 radical (unpaired) electrons. The Morgan fingerprint density at radius 3 is 2.30 bits per heavy atom. The highest BCUT2D eigenvalue weighted by molar-refractivity contribution is 7.89. The molecule has 0 fully saturated rings. The van der Waals surface area contributed by atoms with Gasteiger partial charge in [0.1, 0.15) is 5.75 Å². The van der Waals surface area contributed by atoms with Crippen LogP contribution < -0.4 is 4.74 Å². The lowest BCUT2D eigenvalue weighted by Crippen LogP contribution is -2.22. The lowest BCUT2D eigenvalue weighted by Gasteiger charge is -2.17. The standard InChI is InChI=1S/C16H17NO5S/c1-17(2)23(20,21)15-7-5-4-6-13(15)12-9-8-11(16(18)19)10-14(12)22-3/h4-10H,1-3H3,(H,18,19). The molecule has 0 aliphatic rings. The number of carboxylic acids is 1. The van der Waals surface area contributed by atoms with Crippen molar-refractivity contribution in [2.75, 3.05) is 21.2 Å². The average molecular weight is 335 g/mol. The minimum Gasteiger partial charge on any atom is -0.496 e. The van der Waals surface area contributed by atoms with Gasteiger partial charge in [0, 0.05) is 25.2 Å². The topological polar surface area (TPSA) is 83.9 Å². The first-order chi connectivity index (χ1) is 10.8. The molecule has 0 saturated carbocycles. The number of hydrogen-bond acceptors (Lipinski definition) is 4. The van der Waals surface area contributed by atoms with Crippen molar-refractivity contribution in [2.45, 2.75) is 4.90 Å². The van der Waals surface area contributed by atoms with Crippen LogP contribution in [0.1, 0.15) is 10.4 Å². The van der Waals surface area contributed by atoms with Crippen molar-refractivity contribution in [2.24, 2.45) is 0 Å². The Labute approximate surface area is 135 Å². The van der Waals surface area contributed by atoms with Crippen LogP contribution in [0.25, 0.3) is 11.1 Å². The zero-order valence-corrected chi connectivity index (χ0v) is 13.8. The zero-order valence-electron chi connectivity index (χ0n) is 13.0. The smallest absolute Gasteiger partial charge is 0.335 e. The Morgan fingerprint density at radius 2 is 1.74 bits per heavy atom. The normalized spacial score (nSPS) is 11.5. The number of hydrogen-bond donors (Lipinski definition) is 1. The first-order valence-corrected chi connectivity index (χ1v) is 8.16. The van der Waals surface area contributed by atoms with E-state index >= 15 is 0 Å². The number of rotatable bonds is 5. The molecule has 2 aromatic rings. The maximum atomic E-state index is 12.5. The molecule has 0 spiro atoms. The maximum absolute atomic E-state index is 12.5. The van der Waals surface area contributed by atoms with Gasteiger partial charge in [-0.05, 0) is 24.3 Å². The Bertz CT molecular complexity index is 843. The Hall–Kier alpha value is -2.38. The summed E-state index contributed by atoms with van der Waals surface area (Å²) in [5, 5.41) is 9.06. The van der Waals surface area contributed by atoms with Crippen LogP contribution in [0, 0.1) is 0 Å². The van der Waals surface area contributed by atoms with Gasteiger partial charge in [-0.1, -0.05) is 18.2 Å². The molecule has 122 valence electrons. The molecule has 0 bridgehead atoms. The van der Waals surface area contributed by atoms with Crippen molar-refractivity contribution in [1.29, 1.82) is 0 Å². The fraction of sp³-hybridized carbons (Fsp3) is 0.188. The lowest BCUT2D eigenvalue weighted by atomic mass is 10.0. The second kappa shape index (κ2) is 6.39. The van der Waals surface area contributed by atoms with Crippen LogP contribution in [0.2, 0.25) is 0 Å². The number of methoxy groups -OCH3 is 1. The van der Waals surface area contributed by atoms with E-state index in [-0.39, 0.29) is 10.5 Å². The van der Waals surface area contributed by atoms with Crippen molar-refractivity contribution < 1.29 is 23.1 Å². The molecule has 0 saturated heterocycles. The molecule has 0 unspecified atom stereocenters. The van der Waals surface area contributed by atoms with Crippen molar-refractivity contribution in [3.05, 3.63) is 48.0 Å². The summed E-state index contributed by atoms with van der Waals surface area (Å²) < 4.78 is 31.4. The molecule has 0 aliphatic heterocycles. The molecule has 0 aliphatic carbocycles. The van der Waals surface area contributed by atoms with Gasteiger partial charge in [-0.3, -0.25) is 0 Å². The van der Waals surface area contributed by atoms with E-state index in [4.69, 9.17) is 9.84 Å². The number of carboxylic acid groups (broad SMARTS) is 1. The fourth-order valence-electron chi connectivity index (χ4n) is 2.16. The summed E-state index contributed by atoms with van der Waals surface area (Å²) in [5.41, 5.74) is 1.03. The quantitative estimate of drug-likeness (QED) is 0.906. The minimum atomic E-state index is -3.65. The predicted molar refractivity (Wildman–Crippen MR) is 86.3 cm³/mol. The van der Waals surface area contributed by atoms with E-state index in [1.54, 1.807) is 24.3 Å². The van der Waals surface area contributed by atoms with Crippen molar-refractivity contribution in [3.8, 4) is 16.9 Å². The SMILES string of the molecule is COc1cc(C(=O)O)ccc1-c1ccccc1S(=O)(=O)N(C)C. The number of sulfonamides is 1. The van der Waals surface area contributed by atoms with Crippen molar-refractivity contribution in [1.82, 2.24) is 4.31 Å². The third-order valence-electron chi connectivity index (χ3n) is 3.38. The van der Waals surface area contributed by atoms with Crippen LogP contribution >= 0.6 is 0 Å². The molecule has 0 atom stereocenters. The molecule has 23 heavy (non-hydrogen) atoms. The second-order valence-corrected chi connectivity index (χ2v) is 7.12. The summed E-state index contributed by atoms with van der Waals surface area (Å²) in [5.74, 6) is -0.782. The van der Waals surface area contributed by atoms with Crippen LogP contribution in [-0.2, 0) is 10.0 Å². The number of carbonyl (C=O) groups is 1. The number of benzene rings is 2. The summed E-state index contributed by atoms with van der Waals surface area (Å²) in [4.78, 5) is 11.2. The fourth-order valence-corrected chi connectivity index (χ4v) is 3.26. The predicted octanol–water partition coefficient (Wildman–Crippen LogP) is 2.31. The monoisotopic (exact) mass is 335 g/mol. The van der Waals surface area contributed by atoms with Crippen molar-refractivity contribution in [3.63, 3.8) is 0 Å². The molecule has 2 aromatic carbocycles. The molecule has 7 heteroatoms. The first kappa shape index (κ1) is 17.0. The van der Waals surface area contributed by atoms with Crippen LogP contribution in [0.3, 0.4) is 0 Å². The maximum Gasteiger partial charge on any atom is 0.335 e. The Kier molecular flexibility index (Phi) is 4.72.